The minimum atomic E-state index is -3.48. The number of fused-ring (bicyclic) bond motifs is 1. The number of hydrogen-bond donors (Lipinski definition) is 2. The average Bonchev–Trinajstić information content (AvgIpc) is 2.72. The van der Waals surface area contributed by atoms with Crippen LogP contribution in [0.5, 0.6) is 5.75 Å². The van der Waals surface area contributed by atoms with Crippen LogP contribution in [-0.2, 0) is 21.1 Å². The molecule has 0 saturated heterocycles. The van der Waals surface area contributed by atoms with E-state index in [4.69, 9.17) is 9.84 Å². The van der Waals surface area contributed by atoms with Gasteiger partial charge in [-0.15, -0.1) is 0 Å². The molecule has 6 nitrogen and oxygen atoms in total. The summed E-state index contributed by atoms with van der Waals surface area (Å²) in [7, 11) is -1.93. The van der Waals surface area contributed by atoms with Gasteiger partial charge < -0.3 is 15.2 Å². The molecule has 158 valence electrons. The largest absolute Gasteiger partial charge is 0.496 e. The molecule has 1 aromatic rings. The Labute approximate surface area is 168 Å². The molecule has 7 heteroatoms. The molecule has 0 bridgehead atoms. The molecule has 0 saturated carbocycles. The van der Waals surface area contributed by atoms with Gasteiger partial charge in [0.2, 0.25) is 0 Å². The summed E-state index contributed by atoms with van der Waals surface area (Å²) in [5.41, 5.74) is 1.03. The SMILES string of the molecule is CCCC[C@]1(CC)CS(=O)(=O)c2cc(CCCC(=O)O)c(OC)cc2[C@@H](C)N1. The van der Waals surface area contributed by atoms with Crippen molar-refractivity contribution in [3.63, 3.8) is 0 Å². The van der Waals surface area contributed by atoms with Gasteiger partial charge in [0.1, 0.15) is 5.75 Å². The van der Waals surface area contributed by atoms with Crippen molar-refractivity contribution in [3.05, 3.63) is 23.3 Å². The van der Waals surface area contributed by atoms with E-state index in [2.05, 4.69) is 12.2 Å². The maximum absolute atomic E-state index is 13.3. The summed E-state index contributed by atoms with van der Waals surface area (Å²) >= 11 is 0. The molecule has 1 heterocycles. The van der Waals surface area contributed by atoms with Crippen LogP contribution < -0.4 is 10.1 Å². The maximum atomic E-state index is 13.3. The summed E-state index contributed by atoms with van der Waals surface area (Å²) in [5, 5.41) is 12.5. The summed E-state index contributed by atoms with van der Waals surface area (Å²) in [5.74, 6) is -0.164. The van der Waals surface area contributed by atoms with E-state index >= 15 is 0 Å². The predicted molar refractivity (Wildman–Crippen MR) is 110 cm³/mol. The topological polar surface area (TPSA) is 92.7 Å². The molecule has 2 atom stereocenters. The monoisotopic (exact) mass is 411 g/mol. The van der Waals surface area contributed by atoms with E-state index in [1.54, 1.807) is 13.2 Å². The van der Waals surface area contributed by atoms with Crippen molar-refractivity contribution in [3.8, 4) is 5.75 Å². The number of carboxylic acid groups (broad SMARTS) is 1. The van der Waals surface area contributed by atoms with Crippen molar-refractivity contribution in [2.75, 3.05) is 12.9 Å². The fraction of sp³-hybridized carbons (Fsp3) is 0.667. The standard InChI is InChI=1S/C21H33NO5S/c1-5-7-11-21(6-2)14-28(25,26)19-12-16(9-8-10-20(23)24)18(27-4)13-17(19)15(3)22-21/h12-13,15,22H,5-11,14H2,1-4H3,(H,23,24)/t15-,21-/m1/s1. The van der Waals surface area contributed by atoms with Crippen LogP contribution in [0, 0.1) is 0 Å². The van der Waals surface area contributed by atoms with Crippen LogP contribution in [0.1, 0.15) is 76.5 Å². The zero-order valence-electron chi connectivity index (χ0n) is 17.4. The van der Waals surface area contributed by atoms with Gasteiger partial charge in [0.15, 0.2) is 9.84 Å². The van der Waals surface area contributed by atoms with Gasteiger partial charge in [-0.25, -0.2) is 8.42 Å². The number of benzene rings is 1. The summed E-state index contributed by atoms with van der Waals surface area (Å²) in [6.45, 7) is 6.15. The molecular weight excluding hydrogens is 378 g/mol. The van der Waals surface area contributed by atoms with Crippen LogP contribution in [0.4, 0.5) is 0 Å². The summed E-state index contributed by atoms with van der Waals surface area (Å²) in [6.07, 6.45) is 4.51. The highest BCUT2D eigenvalue weighted by atomic mass is 32.2. The lowest BCUT2D eigenvalue weighted by atomic mass is 9.90. The van der Waals surface area contributed by atoms with Crippen molar-refractivity contribution in [1.29, 1.82) is 0 Å². The summed E-state index contributed by atoms with van der Waals surface area (Å²) in [4.78, 5) is 11.2. The van der Waals surface area contributed by atoms with Crippen molar-refractivity contribution in [2.45, 2.75) is 82.2 Å². The molecule has 0 spiro atoms. The molecule has 0 fully saturated rings. The quantitative estimate of drug-likeness (QED) is 0.641. The number of nitrogens with one attached hydrogen (secondary N) is 1. The Kier molecular flexibility index (Phi) is 7.51. The van der Waals surface area contributed by atoms with Crippen molar-refractivity contribution in [1.82, 2.24) is 5.32 Å². The molecule has 0 aromatic heterocycles. The Morgan fingerprint density at radius 1 is 1.32 bits per heavy atom. The van der Waals surface area contributed by atoms with E-state index in [-0.39, 0.29) is 18.2 Å². The second-order valence-corrected chi connectivity index (χ2v) is 9.77. The molecule has 1 aliphatic heterocycles. The third kappa shape index (κ3) is 5.06. The Bertz CT molecular complexity index is 805. The van der Waals surface area contributed by atoms with Gasteiger partial charge >= 0.3 is 5.97 Å². The molecule has 0 aliphatic carbocycles. The number of ether oxygens (including phenoxy) is 1. The fourth-order valence-electron chi connectivity index (χ4n) is 4.10. The van der Waals surface area contributed by atoms with E-state index in [1.165, 1.54) is 0 Å². The lowest BCUT2D eigenvalue weighted by molar-refractivity contribution is -0.137. The highest BCUT2D eigenvalue weighted by Gasteiger charge is 2.40. The van der Waals surface area contributed by atoms with Gasteiger partial charge in [-0.05, 0) is 55.9 Å². The van der Waals surface area contributed by atoms with Crippen LogP contribution in [-0.4, -0.2) is 37.9 Å². The van der Waals surface area contributed by atoms with Crippen LogP contribution in [0.3, 0.4) is 0 Å². The minimum absolute atomic E-state index is 0.0426. The zero-order chi connectivity index (χ0) is 20.9. The number of aryl methyl sites for hydroxylation is 1. The van der Waals surface area contributed by atoms with Gasteiger partial charge in [0.05, 0.1) is 17.8 Å². The molecule has 0 radical (unpaired) electrons. The molecule has 2 N–H and O–H groups in total. The number of methoxy groups -OCH3 is 1. The number of sulfone groups is 1. The fourth-order valence-corrected chi connectivity index (χ4v) is 6.33. The lowest BCUT2D eigenvalue weighted by Gasteiger charge is -2.34. The third-order valence-corrected chi connectivity index (χ3v) is 7.68. The Morgan fingerprint density at radius 2 is 2.04 bits per heavy atom. The summed E-state index contributed by atoms with van der Waals surface area (Å²) in [6, 6.07) is 3.40. The molecule has 1 aliphatic rings. The van der Waals surface area contributed by atoms with E-state index in [9.17, 15) is 13.2 Å². The van der Waals surface area contributed by atoms with Gasteiger partial charge in [-0.2, -0.15) is 0 Å². The zero-order valence-corrected chi connectivity index (χ0v) is 18.2. The first-order chi connectivity index (χ1) is 13.2. The van der Waals surface area contributed by atoms with Crippen LogP contribution in [0.2, 0.25) is 0 Å². The van der Waals surface area contributed by atoms with Crippen LogP contribution in [0.15, 0.2) is 17.0 Å². The molecule has 2 rings (SSSR count). The number of unbranched alkanes of at least 4 members (excludes halogenated alkanes) is 1. The van der Waals surface area contributed by atoms with E-state index in [0.717, 1.165) is 36.8 Å². The van der Waals surface area contributed by atoms with Gasteiger partial charge in [-0.1, -0.05) is 26.7 Å². The Morgan fingerprint density at radius 3 is 2.61 bits per heavy atom. The lowest BCUT2D eigenvalue weighted by Crippen LogP contribution is -2.49. The second kappa shape index (κ2) is 9.27. The smallest absolute Gasteiger partial charge is 0.303 e. The maximum Gasteiger partial charge on any atom is 0.303 e. The van der Waals surface area contributed by atoms with Crippen LogP contribution >= 0.6 is 0 Å². The normalized spacial score (nSPS) is 23.6. The number of aliphatic carboxylic acids is 1. The van der Waals surface area contributed by atoms with Crippen LogP contribution in [0.25, 0.3) is 0 Å². The molecule has 28 heavy (non-hydrogen) atoms. The van der Waals surface area contributed by atoms with Crippen molar-refractivity contribution < 1.29 is 23.1 Å². The minimum Gasteiger partial charge on any atom is -0.496 e. The molecular formula is C21H33NO5S. The summed E-state index contributed by atoms with van der Waals surface area (Å²) < 4.78 is 32.2. The predicted octanol–water partition coefficient (Wildman–Crippen LogP) is 3.88. The molecule has 0 amide bonds. The third-order valence-electron chi connectivity index (χ3n) is 5.73. The van der Waals surface area contributed by atoms with Gasteiger partial charge in [0, 0.05) is 18.0 Å². The van der Waals surface area contributed by atoms with Crippen molar-refractivity contribution >= 4 is 15.8 Å². The first-order valence-electron chi connectivity index (χ1n) is 10.1. The molecule has 1 aromatic carbocycles. The van der Waals surface area contributed by atoms with Gasteiger partial charge in [-0.3, -0.25) is 4.79 Å². The average molecular weight is 412 g/mol. The number of carboxylic acids is 1. The van der Waals surface area contributed by atoms with Crippen molar-refractivity contribution in [2.24, 2.45) is 0 Å². The number of carbonyl (C=O) groups is 1. The second-order valence-electron chi connectivity index (χ2n) is 7.81. The first-order valence-corrected chi connectivity index (χ1v) is 11.8. The van der Waals surface area contributed by atoms with E-state index in [0.29, 0.717) is 23.5 Å². The van der Waals surface area contributed by atoms with Gasteiger partial charge in [0.25, 0.3) is 0 Å². The Hall–Kier alpha value is -1.60. The van der Waals surface area contributed by atoms with E-state index < -0.39 is 21.3 Å². The van der Waals surface area contributed by atoms with E-state index in [1.807, 2.05) is 19.9 Å². The Balaban J connectivity index is 2.48. The first kappa shape index (κ1) is 22.7. The highest BCUT2D eigenvalue weighted by Crippen LogP contribution is 2.38. The highest BCUT2D eigenvalue weighted by molar-refractivity contribution is 7.91. The number of rotatable bonds is 9. The number of hydrogen-bond acceptors (Lipinski definition) is 5. The molecule has 0 unspecified atom stereocenters.